The second-order valence-electron chi connectivity index (χ2n) is 8.87. The van der Waals surface area contributed by atoms with E-state index in [9.17, 15) is 10.2 Å². The van der Waals surface area contributed by atoms with E-state index in [1.807, 2.05) is 0 Å². The number of allylic oxidation sites excluding steroid dienone is 1. The highest BCUT2D eigenvalue weighted by atomic mass is 79.9. The van der Waals surface area contributed by atoms with Crippen LogP contribution >= 0.6 is 15.9 Å². The average Bonchev–Trinajstić information content (AvgIpc) is 2.72. The Balaban J connectivity index is 1.68. The van der Waals surface area contributed by atoms with Crippen LogP contribution in [0.1, 0.15) is 58.8 Å². The molecule has 3 fully saturated rings. The van der Waals surface area contributed by atoms with Gasteiger partial charge in [0.2, 0.25) is 0 Å². The molecule has 0 aliphatic heterocycles. The van der Waals surface area contributed by atoms with E-state index in [1.54, 1.807) is 0 Å². The Kier molecular flexibility index (Phi) is 3.61. The molecule has 3 heteroatoms. The molecule has 0 heterocycles. The maximum Gasteiger partial charge on any atom is 0.0724 e. The summed E-state index contributed by atoms with van der Waals surface area (Å²) in [7, 11) is 0. The number of hydrogen-bond donors (Lipinski definition) is 2. The summed E-state index contributed by atoms with van der Waals surface area (Å²) < 4.78 is 0. The third-order valence-electron chi connectivity index (χ3n) is 8.02. The smallest absolute Gasteiger partial charge is 0.0724 e. The third kappa shape index (κ3) is 1.97. The molecular formula is C19H29BrO2. The molecular weight excluding hydrogens is 340 g/mol. The van der Waals surface area contributed by atoms with Gasteiger partial charge in [0.25, 0.3) is 0 Å². The first-order valence-electron chi connectivity index (χ1n) is 9.07. The Morgan fingerprint density at radius 1 is 1.09 bits per heavy atom. The maximum atomic E-state index is 10.7. The molecule has 0 amide bonds. The van der Waals surface area contributed by atoms with Crippen molar-refractivity contribution in [2.75, 3.05) is 0 Å². The van der Waals surface area contributed by atoms with Crippen molar-refractivity contribution in [3.05, 3.63) is 11.6 Å². The molecule has 4 rings (SSSR count). The van der Waals surface area contributed by atoms with Gasteiger partial charge in [-0.05, 0) is 73.5 Å². The van der Waals surface area contributed by atoms with E-state index in [0.29, 0.717) is 11.3 Å². The minimum Gasteiger partial charge on any atom is -0.391 e. The van der Waals surface area contributed by atoms with Gasteiger partial charge in [0, 0.05) is 4.83 Å². The Morgan fingerprint density at radius 2 is 1.86 bits per heavy atom. The minimum absolute atomic E-state index is 0.112. The monoisotopic (exact) mass is 368 g/mol. The van der Waals surface area contributed by atoms with Crippen LogP contribution in [0, 0.1) is 28.6 Å². The van der Waals surface area contributed by atoms with E-state index in [1.165, 1.54) is 18.4 Å². The number of fused-ring (bicyclic) bond motifs is 5. The highest BCUT2D eigenvalue weighted by molar-refractivity contribution is 9.09. The van der Waals surface area contributed by atoms with Gasteiger partial charge >= 0.3 is 0 Å². The van der Waals surface area contributed by atoms with Crippen molar-refractivity contribution >= 4 is 15.9 Å². The van der Waals surface area contributed by atoms with Crippen LogP contribution < -0.4 is 0 Å². The van der Waals surface area contributed by atoms with E-state index in [2.05, 4.69) is 35.9 Å². The molecule has 3 saturated carbocycles. The van der Waals surface area contributed by atoms with Gasteiger partial charge in [0.1, 0.15) is 0 Å². The lowest BCUT2D eigenvalue weighted by Crippen LogP contribution is -2.51. The van der Waals surface area contributed by atoms with Gasteiger partial charge in [-0.2, -0.15) is 0 Å². The zero-order chi connectivity index (χ0) is 15.7. The average molecular weight is 369 g/mol. The van der Waals surface area contributed by atoms with Gasteiger partial charge < -0.3 is 10.2 Å². The number of alkyl halides is 1. The summed E-state index contributed by atoms with van der Waals surface area (Å²) in [5.41, 5.74) is 1.95. The lowest BCUT2D eigenvalue weighted by Gasteiger charge is -2.58. The summed E-state index contributed by atoms with van der Waals surface area (Å²) in [6.45, 7) is 4.79. The molecule has 4 aliphatic rings. The second kappa shape index (κ2) is 5.07. The Labute approximate surface area is 142 Å². The van der Waals surface area contributed by atoms with Crippen molar-refractivity contribution in [1.82, 2.24) is 0 Å². The van der Waals surface area contributed by atoms with Gasteiger partial charge in [0.15, 0.2) is 0 Å². The van der Waals surface area contributed by atoms with E-state index >= 15 is 0 Å². The lowest BCUT2D eigenvalue weighted by molar-refractivity contribution is -0.0756. The second-order valence-corrected chi connectivity index (χ2v) is 10.0. The molecule has 0 aromatic carbocycles. The molecule has 0 unspecified atom stereocenters. The first-order valence-corrected chi connectivity index (χ1v) is 9.99. The summed E-state index contributed by atoms with van der Waals surface area (Å²) in [6, 6.07) is 0. The zero-order valence-electron chi connectivity index (χ0n) is 13.8. The van der Waals surface area contributed by atoms with Crippen molar-refractivity contribution in [3.8, 4) is 0 Å². The minimum atomic E-state index is -0.214. The molecule has 22 heavy (non-hydrogen) atoms. The number of aliphatic hydroxyl groups excluding tert-OH is 2. The molecule has 4 aliphatic carbocycles. The highest BCUT2D eigenvalue weighted by Crippen LogP contribution is 2.65. The van der Waals surface area contributed by atoms with Crippen molar-refractivity contribution in [2.45, 2.75) is 75.8 Å². The van der Waals surface area contributed by atoms with E-state index < -0.39 is 0 Å². The quantitative estimate of drug-likeness (QED) is 0.500. The first-order chi connectivity index (χ1) is 10.4. The number of rotatable bonds is 0. The van der Waals surface area contributed by atoms with Crippen LogP contribution in [0.4, 0.5) is 0 Å². The maximum absolute atomic E-state index is 10.7. The molecule has 2 N–H and O–H groups in total. The van der Waals surface area contributed by atoms with Gasteiger partial charge in [-0.3, -0.25) is 0 Å². The van der Waals surface area contributed by atoms with Crippen LogP contribution in [0.5, 0.6) is 0 Å². The Hall–Kier alpha value is 0.140. The van der Waals surface area contributed by atoms with Crippen LogP contribution in [0.25, 0.3) is 0 Å². The van der Waals surface area contributed by atoms with Gasteiger partial charge in [0.05, 0.1) is 12.2 Å². The largest absolute Gasteiger partial charge is 0.391 e. The van der Waals surface area contributed by atoms with Crippen LogP contribution in [0.2, 0.25) is 0 Å². The van der Waals surface area contributed by atoms with Gasteiger partial charge in [-0.1, -0.05) is 41.4 Å². The summed E-state index contributed by atoms with van der Waals surface area (Å²) in [5.74, 6) is 2.17. The molecule has 8 atom stereocenters. The molecule has 124 valence electrons. The fraction of sp³-hybridized carbons (Fsp3) is 0.895. The van der Waals surface area contributed by atoms with E-state index in [4.69, 9.17) is 0 Å². The Morgan fingerprint density at radius 3 is 2.64 bits per heavy atom. The fourth-order valence-corrected chi connectivity index (χ4v) is 7.66. The van der Waals surface area contributed by atoms with Crippen molar-refractivity contribution < 1.29 is 10.2 Å². The SMILES string of the molecule is C[C@]12CC[C@H]3[C@@H](CCC4=C[C@H](O)CC[C@@]43C)[C@@H]1C[C@@H](Br)[C@@H]2O. The molecule has 0 aromatic heterocycles. The first kappa shape index (κ1) is 15.7. The fourth-order valence-electron chi connectivity index (χ4n) is 6.65. The lowest BCUT2D eigenvalue weighted by atomic mass is 9.47. The number of halogens is 1. The standard InChI is InChI=1S/C19H29BrO2/c1-18-7-5-12(21)9-11(18)3-4-13-14(18)6-8-19(2)15(13)10-16(20)17(19)22/h9,12-17,21-22H,3-8,10H2,1-2H3/t12-,13-,14+,15+,16-,17+,18+,19+/m1/s1. The summed E-state index contributed by atoms with van der Waals surface area (Å²) >= 11 is 3.74. The predicted octanol–water partition coefficient (Wildman–Crippen LogP) is 4.04. The molecule has 0 saturated heterocycles. The van der Waals surface area contributed by atoms with E-state index in [0.717, 1.165) is 43.9 Å². The zero-order valence-corrected chi connectivity index (χ0v) is 15.3. The molecule has 0 radical (unpaired) electrons. The third-order valence-corrected chi connectivity index (χ3v) is 8.90. The molecule has 0 aromatic rings. The van der Waals surface area contributed by atoms with Crippen LogP contribution in [0.15, 0.2) is 11.6 Å². The normalized spacial score (nSPS) is 57.6. The summed E-state index contributed by atoms with van der Waals surface area (Å²) in [5, 5.41) is 20.7. The topological polar surface area (TPSA) is 40.5 Å². The van der Waals surface area contributed by atoms with Crippen molar-refractivity contribution in [3.63, 3.8) is 0 Å². The highest BCUT2D eigenvalue weighted by Gasteiger charge is 2.60. The van der Waals surface area contributed by atoms with Crippen LogP contribution in [0.3, 0.4) is 0 Å². The van der Waals surface area contributed by atoms with Crippen molar-refractivity contribution in [1.29, 1.82) is 0 Å². The van der Waals surface area contributed by atoms with E-state index in [-0.39, 0.29) is 22.5 Å². The summed E-state index contributed by atoms with van der Waals surface area (Å²) in [4.78, 5) is 0.277. The molecule has 0 bridgehead atoms. The van der Waals surface area contributed by atoms with Gasteiger partial charge in [-0.25, -0.2) is 0 Å². The van der Waals surface area contributed by atoms with Gasteiger partial charge in [-0.15, -0.1) is 0 Å². The Bertz CT molecular complexity index is 504. The molecule has 2 nitrogen and oxygen atoms in total. The van der Waals surface area contributed by atoms with Crippen molar-refractivity contribution in [2.24, 2.45) is 28.6 Å². The number of hydrogen-bond acceptors (Lipinski definition) is 2. The van der Waals surface area contributed by atoms with Crippen LogP contribution in [-0.4, -0.2) is 27.2 Å². The summed E-state index contributed by atoms with van der Waals surface area (Å²) in [6.07, 6.45) is 9.80. The van der Waals surface area contributed by atoms with Crippen LogP contribution in [-0.2, 0) is 0 Å². The number of aliphatic hydroxyl groups is 2. The molecule has 0 spiro atoms. The predicted molar refractivity (Wildman–Crippen MR) is 91.8 cm³/mol.